The Labute approximate surface area is 69.2 Å². The third-order valence-electron chi connectivity index (χ3n) is 2.32. The minimum absolute atomic E-state index is 0.348. The van der Waals surface area contributed by atoms with Crippen molar-refractivity contribution in [2.45, 2.75) is 32.3 Å². The number of likely N-dealkylation sites (N-methyl/N-ethyl adjacent to an activating group) is 1. The van der Waals surface area contributed by atoms with Crippen molar-refractivity contribution in [2.75, 3.05) is 20.1 Å². The fourth-order valence-electron chi connectivity index (χ4n) is 1.67. The van der Waals surface area contributed by atoms with Crippen LogP contribution in [0.25, 0.3) is 0 Å². The number of β-amino-alcohol motifs (C(OH)–C–C–N with tert-alkyl or cyclic N) is 1. The summed E-state index contributed by atoms with van der Waals surface area (Å²) in [5.41, 5.74) is -0.348. The van der Waals surface area contributed by atoms with Crippen molar-refractivity contribution in [3.05, 3.63) is 0 Å². The second-order valence-electron chi connectivity index (χ2n) is 4.33. The molecule has 1 aliphatic rings. The van der Waals surface area contributed by atoms with E-state index in [-0.39, 0.29) is 5.60 Å². The molecule has 0 radical (unpaired) electrons. The first kappa shape index (κ1) is 9.01. The van der Waals surface area contributed by atoms with Gasteiger partial charge in [-0.1, -0.05) is 13.8 Å². The van der Waals surface area contributed by atoms with E-state index in [0.717, 1.165) is 25.9 Å². The summed E-state index contributed by atoms with van der Waals surface area (Å²) < 4.78 is 0. The first-order valence-electron chi connectivity index (χ1n) is 4.43. The van der Waals surface area contributed by atoms with Crippen LogP contribution in [0.2, 0.25) is 0 Å². The molecule has 0 bridgehead atoms. The monoisotopic (exact) mass is 157 g/mol. The molecule has 1 N–H and O–H groups in total. The molecular weight excluding hydrogens is 138 g/mol. The van der Waals surface area contributed by atoms with Crippen LogP contribution < -0.4 is 0 Å². The zero-order valence-corrected chi connectivity index (χ0v) is 7.80. The average Bonchev–Trinajstić information content (AvgIpc) is 1.81. The molecule has 66 valence electrons. The Hall–Kier alpha value is -0.0800. The molecule has 1 saturated heterocycles. The van der Waals surface area contributed by atoms with E-state index in [1.165, 1.54) is 0 Å². The molecule has 2 nitrogen and oxygen atoms in total. The lowest BCUT2D eigenvalue weighted by Crippen LogP contribution is -2.59. The molecule has 2 heteroatoms. The van der Waals surface area contributed by atoms with E-state index in [0.29, 0.717) is 5.92 Å². The molecule has 0 aromatic carbocycles. The maximum Gasteiger partial charge on any atom is 0.0900 e. The first-order valence-corrected chi connectivity index (χ1v) is 4.43. The zero-order valence-electron chi connectivity index (χ0n) is 7.80. The van der Waals surface area contributed by atoms with E-state index in [2.05, 4.69) is 18.7 Å². The Morgan fingerprint density at radius 3 is 2.36 bits per heavy atom. The fourth-order valence-corrected chi connectivity index (χ4v) is 1.67. The molecular formula is C9H19NO. The van der Waals surface area contributed by atoms with Crippen molar-refractivity contribution < 1.29 is 5.11 Å². The largest absolute Gasteiger partial charge is 0.387 e. The summed E-state index contributed by atoms with van der Waals surface area (Å²) in [7, 11) is 2.05. The van der Waals surface area contributed by atoms with Crippen molar-refractivity contribution in [3.63, 3.8) is 0 Å². The summed E-state index contributed by atoms with van der Waals surface area (Å²) in [5.74, 6) is 0.713. The number of hydrogen-bond acceptors (Lipinski definition) is 2. The van der Waals surface area contributed by atoms with Gasteiger partial charge in [-0.15, -0.1) is 0 Å². The van der Waals surface area contributed by atoms with E-state index in [4.69, 9.17) is 0 Å². The Morgan fingerprint density at radius 1 is 1.45 bits per heavy atom. The van der Waals surface area contributed by atoms with Gasteiger partial charge < -0.3 is 10.0 Å². The molecule has 1 rings (SSSR count). The molecule has 1 fully saturated rings. The molecule has 1 aliphatic heterocycles. The summed E-state index contributed by atoms with van der Waals surface area (Å²) >= 11 is 0. The minimum atomic E-state index is -0.348. The summed E-state index contributed by atoms with van der Waals surface area (Å²) in [5, 5.41) is 9.79. The topological polar surface area (TPSA) is 23.5 Å². The first-order chi connectivity index (χ1) is 5.02. The van der Waals surface area contributed by atoms with Gasteiger partial charge in [0, 0.05) is 13.1 Å². The van der Waals surface area contributed by atoms with Crippen molar-refractivity contribution in [1.29, 1.82) is 0 Å². The van der Waals surface area contributed by atoms with Crippen molar-refractivity contribution in [1.82, 2.24) is 4.90 Å². The van der Waals surface area contributed by atoms with E-state index >= 15 is 0 Å². The fraction of sp³-hybridized carbons (Fsp3) is 1.00. The highest BCUT2D eigenvalue weighted by Gasteiger charge is 2.38. The maximum absolute atomic E-state index is 9.79. The van der Waals surface area contributed by atoms with Crippen LogP contribution in [0, 0.1) is 5.92 Å². The van der Waals surface area contributed by atoms with Gasteiger partial charge in [0.1, 0.15) is 0 Å². The minimum Gasteiger partial charge on any atom is -0.387 e. The maximum atomic E-state index is 9.79. The smallest absolute Gasteiger partial charge is 0.0900 e. The summed E-state index contributed by atoms with van der Waals surface area (Å²) in [6.45, 7) is 6.12. The van der Waals surface area contributed by atoms with Crippen LogP contribution in [-0.2, 0) is 0 Å². The standard InChI is InChI=1S/C9H19NO/c1-8(2)4-5-9(11)6-10(3)7-9/h8,11H,4-7H2,1-3H3. The van der Waals surface area contributed by atoms with Crippen LogP contribution in [0.15, 0.2) is 0 Å². The normalized spacial score (nSPS) is 23.7. The van der Waals surface area contributed by atoms with Crippen molar-refractivity contribution in [3.8, 4) is 0 Å². The predicted molar refractivity (Wildman–Crippen MR) is 46.5 cm³/mol. The highest BCUT2D eigenvalue weighted by Crippen LogP contribution is 2.25. The van der Waals surface area contributed by atoms with Crippen LogP contribution in [0.1, 0.15) is 26.7 Å². The van der Waals surface area contributed by atoms with E-state index < -0.39 is 0 Å². The summed E-state index contributed by atoms with van der Waals surface area (Å²) in [6.07, 6.45) is 2.11. The molecule has 0 aromatic rings. The van der Waals surface area contributed by atoms with Crippen molar-refractivity contribution in [2.24, 2.45) is 5.92 Å². The third-order valence-corrected chi connectivity index (χ3v) is 2.32. The molecule has 0 spiro atoms. The number of likely N-dealkylation sites (tertiary alicyclic amines) is 1. The highest BCUT2D eigenvalue weighted by molar-refractivity contribution is 4.93. The van der Waals surface area contributed by atoms with Gasteiger partial charge in [-0.25, -0.2) is 0 Å². The lowest BCUT2D eigenvalue weighted by Gasteiger charge is -2.45. The summed E-state index contributed by atoms with van der Waals surface area (Å²) in [4.78, 5) is 2.15. The van der Waals surface area contributed by atoms with Gasteiger partial charge in [0.05, 0.1) is 5.60 Å². The third kappa shape index (κ3) is 2.46. The molecule has 0 unspecified atom stereocenters. The molecule has 0 amide bonds. The molecule has 0 saturated carbocycles. The number of rotatable bonds is 3. The van der Waals surface area contributed by atoms with E-state index in [9.17, 15) is 5.11 Å². The van der Waals surface area contributed by atoms with Crippen LogP contribution >= 0.6 is 0 Å². The van der Waals surface area contributed by atoms with Gasteiger partial charge in [-0.2, -0.15) is 0 Å². The number of aliphatic hydroxyl groups is 1. The van der Waals surface area contributed by atoms with Crippen LogP contribution in [0.4, 0.5) is 0 Å². The van der Waals surface area contributed by atoms with Gasteiger partial charge >= 0.3 is 0 Å². The van der Waals surface area contributed by atoms with Crippen LogP contribution in [-0.4, -0.2) is 35.7 Å². The second-order valence-corrected chi connectivity index (χ2v) is 4.33. The SMILES string of the molecule is CC(C)CCC1(O)CN(C)C1. The molecule has 1 heterocycles. The van der Waals surface area contributed by atoms with Crippen LogP contribution in [0.5, 0.6) is 0 Å². The number of nitrogens with zero attached hydrogens (tertiary/aromatic N) is 1. The lowest BCUT2D eigenvalue weighted by molar-refractivity contribution is -0.0935. The van der Waals surface area contributed by atoms with Crippen molar-refractivity contribution >= 4 is 0 Å². The van der Waals surface area contributed by atoms with Crippen LogP contribution in [0.3, 0.4) is 0 Å². The van der Waals surface area contributed by atoms with Gasteiger partial charge in [0.15, 0.2) is 0 Å². The summed E-state index contributed by atoms with van der Waals surface area (Å²) in [6, 6.07) is 0. The second kappa shape index (κ2) is 3.11. The Kier molecular flexibility index (Phi) is 2.55. The average molecular weight is 157 g/mol. The molecule has 0 aliphatic carbocycles. The quantitative estimate of drug-likeness (QED) is 0.663. The van der Waals surface area contributed by atoms with Gasteiger partial charge in [0.2, 0.25) is 0 Å². The van der Waals surface area contributed by atoms with Gasteiger partial charge in [-0.3, -0.25) is 0 Å². The Bertz CT molecular complexity index is 128. The molecule has 0 atom stereocenters. The van der Waals surface area contributed by atoms with Gasteiger partial charge in [0.25, 0.3) is 0 Å². The van der Waals surface area contributed by atoms with E-state index in [1.807, 2.05) is 7.05 Å². The van der Waals surface area contributed by atoms with E-state index in [1.54, 1.807) is 0 Å². The zero-order chi connectivity index (χ0) is 8.48. The molecule has 0 aromatic heterocycles. The van der Waals surface area contributed by atoms with Gasteiger partial charge in [-0.05, 0) is 25.8 Å². The predicted octanol–water partition coefficient (Wildman–Crippen LogP) is 1.10. The number of hydrogen-bond donors (Lipinski definition) is 1. The molecule has 11 heavy (non-hydrogen) atoms. The highest BCUT2D eigenvalue weighted by atomic mass is 16.3. The lowest BCUT2D eigenvalue weighted by atomic mass is 9.87. The Balaban J connectivity index is 2.16. The Morgan fingerprint density at radius 2 is 2.00 bits per heavy atom.